The molecule has 0 unspecified atom stereocenters. The highest BCUT2D eigenvalue weighted by molar-refractivity contribution is 5.99. The van der Waals surface area contributed by atoms with Crippen LogP contribution in [0.3, 0.4) is 0 Å². The molecule has 0 aliphatic rings. The molecule has 3 N–H and O–H groups in total. The number of hydrogen-bond donors (Lipinski definition) is 2. The summed E-state index contributed by atoms with van der Waals surface area (Å²) in [7, 11) is 0. The van der Waals surface area contributed by atoms with Crippen LogP contribution in [0.1, 0.15) is 51.4 Å². The van der Waals surface area contributed by atoms with Gasteiger partial charge in [-0.3, -0.25) is 14.9 Å². The Bertz CT molecular complexity index is 562. The first-order valence-corrected chi connectivity index (χ1v) is 6.64. The summed E-state index contributed by atoms with van der Waals surface area (Å²) in [5.74, 6) is -0.454. The number of nitrogens with two attached hydrogens (primary N) is 1. The van der Waals surface area contributed by atoms with E-state index in [2.05, 4.69) is 31.1 Å². The zero-order chi connectivity index (χ0) is 16.4. The van der Waals surface area contributed by atoms with Gasteiger partial charge in [-0.2, -0.15) is 0 Å². The van der Waals surface area contributed by atoms with Crippen LogP contribution in [0.5, 0.6) is 0 Å². The summed E-state index contributed by atoms with van der Waals surface area (Å²) in [6.45, 7) is 9.95. The van der Waals surface area contributed by atoms with E-state index in [9.17, 15) is 14.9 Å². The fraction of sp³-hybridized carbons (Fsp3) is 0.571. The molecule has 0 radical (unpaired) electrons. The van der Waals surface area contributed by atoms with Gasteiger partial charge < -0.3 is 11.1 Å². The van der Waals surface area contributed by atoms with Crippen LogP contribution in [0.4, 0.5) is 11.5 Å². The van der Waals surface area contributed by atoms with Crippen molar-refractivity contribution in [3.05, 3.63) is 27.9 Å². The molecule has 0 aromatic carbocycles. The largest absolute Gasteiger partial charge is 0.384 e. The highest BCUT2D eigenvalue weighted by Gasteiger charge is 2.30. The molecular weight excluding hydrogens is 272 g/mol. The van der Waals surface area contributed by atoms with Crippen LogP contribution < -0.4 is 11.1 Å². The number of nitrogens with one attached hydrogen (secondary N) is 1. The van der Waals surface area contributed by atoms with Gasteiger partial charge in [0.2, 0.25) is 0 Å². The molecule has 0 saturated carbocycles. The van der Waals surface area contributed by atoms with Crippen molar-refractivity contribution in [1.82, 2.24) is 10.3 Å². The van der Waals surface area contributed by atoms with Gasteiger partial charge in [-0.15, -0.1) is 0 Å². The average molecular weight is 294 g/mol. The number of nitrogen functional groups attached to an aromatic ring is 1. The minimum atomic E-state index is -0.641. The molecule has 1 amide bonds. The van der Waals surface area contributed by atoms with E-state index in [1.165, 1.54) is 6.07 Å². The number of rotatable bonds is 4. The van der Waals surface area contributed by atoms with Crippen LogP contribution in [-0.2, 0) is 0 Å². The summed E-state index contributed by atoms with van der Waals surface area (Å²) in [6, 6.07) is 1.22. The molecule has 116 valence electrons. The Morgan fingerprint density at radius 3 is 2.43 bits per heavy atom. The number of carbonyl (C=O) groups excluding carboxylic acids is 1. The van der Waals surface area contributed by atoms with Crippen LogP contribution in [-0.4, -0.2) is 21.4 Å². The van der Waals surface area contributed by atoms with Crippen LogP contribution in [0.2, 0.25) is 0 Å². The van der Waals surface area contributed by atoms with Gasteiger partial charge in [-0.25, -0.2) is 4.98 Å². The van der Waals surface area contributed by atoms with Gasteiger partial charge >= 0.3 is 0 Å². The minimum Gasteiger partial charge on any atom is -0.384 e. The van der Waals surface area contributed by atoms with Gasteiger partial charge in [0.25, 0.3) is 11.6 Å². The number of pyridine rings is 1. The first-order chi connectivity index (χ1) is 9.41. The second kappa shape index (κ2) is 5.67. The molecule has 1 heterocycles. The van der Waals surface area contributed by atoms with Crippen molar-refractivity contribution in [3.63, 3.8) is 0 Å². The third kappa shape index (κ3) is 5.02. The number of aromatic nitrogens is 1. The molecule has 0 aliphatic carbocycles. The molecule has 1 aromatic rings. The average Bonchev–Trinajstić information content (AvgIpc) is 2.23. The molecule has 0 atom stereocenters. The topological polar surface area (TPSA) is 111 Å². The third-order valence-electron chi connectivity index (χ3n) is 2.77. The van der Waals surface area contributed by atoms with Crippen LogP contribution in [0, 0.1) is 15.5 Å². The molecule has 0 bridgehead atoms. The van der Waals surface area contributed by atoms with Crippen molar-refractivity contribution in [2.45, 2.75) is 46.6 Å². The monoisotopic (exact) mass is 294 g/mol. The predicted octanol–water partition coefficient (Wildman–Crippen LogP) is 2.52. The van der Waals surface area contributed by atoms with E-state index in [-0.39, 0.29) is 22.5 Å². The summed E-state index contributed by atoms with van der Waals surface area (Å²) in [4.78, 5) is 26.3. The third-order valence-corrected chi connectivity index (χ3v) is 2.77. The first-order valence-electron chi connectivity index (χ1n) is 6.64. The highest BCUT2D eigenvalue weighted by Crippen LogP contribution is 2.28. The summed E-state index contributed by atoms with van der Waals surface area (Å²) < 4.78 is 0. The fourth-order valence-corrected chi connectivity index (χ4v) is 2.54. The van der Waals surface area contributed by atoms with Gasteiger partial charge in [0.15, 0.2) is 0 Å². The minimum absolute atomic E-state index is 0.0139. The fourth-order valence-electron chi connectivity index (χ4n) is 2.54. The van der Waals surface area contributed by atoms with Crippen molar-refractivity contribution >= 4 is 17.4 Å². The lowest BCUT2D eigenvalue weighted by Crippen LogP contribution is -2.46. The lowest BCUT2D eigenvalue weighted by Gasteiger charge is -2.33. The number of anilines is 1. The van der Waals surface area contributed by atoms with E-state index in [0.717, 1.165) is 12.6 Å². The highest BCUT2D eigenvalue weighted by atomic mass is 16.6. The van der Waals surface area contributed by atoms with Crippen LogP contribution >= 0.6 is 0 Å². The Hall–Kier alpha value is -2.18. The lowest BCUT2D eigenvalue weighted by molar-refractivity contribution is -0.385. The number of nitro groups is 1. The maximum atomic E-state index is 12.3. The standard InChI is InChI=1S/C14H22N4O3/c1-13(2,3)8-14(4,5)17-12(19)9-6-11(15)16-7-10(9)18(20)21/h6-7H,8H2,1-5H3,(H2,15,16)(H,17,19). The molecule has 1 rings (SSSR count). The molecule has 7 heteroatoms. The van der Waals surface area contributed by atoms with Gasteiger partial charge in [0, 0.05) is 5.54 Å². The molecule has 7 nitrogen and oxygen atoms in total. The number of nitrogens with zero attached hydrogens (tertiary/aromatic N) is 2. The summed E-state index contributed by atoms with van der Waals surface area (Å²) in [5.41, 5.74) is 4.60. The molecule has 1 aromatic heterocycles. The zero-order valence-electron chi connectivity index (χ0n) is 13.1. The Morgan fingerprint density at radius 2 is 1.95 bits per heavy atom. The van der Waals surface area contributed by atoms with E-state index < -0.39 is 16.4 Å². The number of carbonyl (C=O) groups is 1. The summed E-state index contributed by atoms with van der Waals surface area (Å²) >= 11 is 0. The van der Waals surface area contributed by atoms with Gasteiger partial charge in [0.05, 0.1) is 4.92 Å². The molecule has 21 heavy (non-hydrogen) atoms. The molecular formula is C14H22N4O3. The number of amides is 1. The Kier molecular flexibility index (Phi) is 4.56. The van der Waals surface area contributed by atoms with E-state index in [0.29, 0.717) is 0 Å². The Labute approximate surface area is 124 Å². The smallest absolute Gasteiger partial charge is 0.300 e. The zero-order valence-corrected chi connectivity index (χ0v) is 13.1. The van der Waals surface area contributed by atoms with Crippen molar-refractivity contribution < 1.29 is 9.72 Å². The second-order valence-electron chi connectivity index (χ2n) is 6.96. The summed E-state index contributed by atoms with van der Waals surface area (Å²) in [5, 5.41) is 13.8. The van der Waals surface area contributed by atoms with Crippen molar-refractivity contribution in [3.8, 4) is 0 Å². The van der Waals surface area contributed by atoms with Crippen molar-refractivity contribution in [2.24, 2.45) is 5.41 Å². The quantitative estimate of drug-likeness (QED) is 0.654. The second-order valence-corrected chi connectivity index (χ2v) is 6.96. The van der Waals surface area contributed by atoms with Gasteiger partial charge in [0.1, 0.15) is 17.6 Å². The summed E-state index contributed by atoms with van der Waals surface area (Å²) in [6.07, 6.45) is 1.72. The van der Waals surface area contributed by atoms with Crippen LogP contribution in [0.15, 0.2) is 12.3 Å². The number of hydrogen-bond acceptors (Lipinski definition) is 5. The van der Waals surface area contributed by atoms with E-state index in [1.54, 1.807) is 0 Å². The maximum absolute atomic E-state index is 12.3. The molecule has 0 spiro atoms. The lowest BCUT2D eigenvalue weighted by atomic mass is 9.81. The van der Waals surface area contributed by atoms with Gasteiger partial charge in [-0.1, -0.05) is 20.8 Å². The van der Waals surface area contributed by atoms with Gasteiger partial charge in [-0.05, 0) is 31.7 Å². The first kappa shape index (κ1) is 16.9. The predicted molar refractivity (Wildman–Crippen MR) is 80.9 cm³/mol. The molecule has 0 fully saturated rings. The Balaban J connectivity index is 3.04. The molecule has 0 aliphatic heterocycles. The van der Waals surface area contributed by atoms with E-state index in [1.807, 2.05) is 13.8 Å². The molecule has 0 saturated heterocycles. The maximum Gasteiger partial charge on any atom is 0.300 e. The van der Waals surface area contributed by atoms with Crippen LogP contribution in [0.25, 0.3) is 0 Å². The van der Waals surface area contributed by atoms with E-state index in [4.69, 9.17) is 5.73 Å². The SMILES string of the molecule is CC(C)(C)CC(C)(C)NC(=O)c1cc(N)ncc1[N+](=O)[O-]. The van der Waals surface area contributed by atoms with E-state index >= 15 is 0 Å². The Morgan fingerprint density at radius 1 is 1.38 bits per heavy atom. The van der Waals surface area contributed by atoms with Crippen molar-refractivity contribution in [1.29, 1.82) is 0 Å². The van der Waals surface area contributed by atoms with Crippen molar-refractivity contribution in [2.75, 3.05) is 5.73 Å². The normalized spacial score (nSPS) is 12.0.